The molecule has 0 saturated carbocycles. The Labute approximate surface area is 182 Å². The SMILES string of the molecule is O=P(O)(O)OP(=O)(O)OP(=O)(O)OP(=O)(O)O.[H-].[H-].[H-].[Na+].[Na+].[Na+]. The molecule has 0 bridgehead atoms. The second-order valence-corrected chi connectivity index (χ2v) is 7.96. The van der Waals surface area contributed by atoms with E-state index in [0.29, 0.717) is 0 Å². The summed E-state index contributed by atoms with van der Waals surface area (Å²) in [4.78, 5) is 49.4. The van der Waals surface area contributed by atoms with Gasteiger partial charge in [-0.05, 0) is 0 Å². The second kappa shape index (κ2) is 11.2. The molecule has 6 N–H and O–H groups in total. The molecule has 2 unspecified atom stereocenters. The molecular weight excluding hydrogens is 401 g/mol. The first kappa shape index (κ1) is 31.3. The number of phosphoric acid groups is 4. The van der Waals surface area contributed by atoms with Crippen molar-refractivity contribution in [1.82, 2.24) is 0 Å². The summed E-state index contributed by atoms with van der Waals surface area (Å²) in [5.41, 5.74) is 0. The van der Waals surface area contributed by atoms with Crippen LogP contribution in [0.5, 0.6) is 0 Å². The van der Waals surface area contributed by atoms with Gasteiger partial charge < -0.3 is 33.6 Å². The Balaban J connectivity index is -0.0000000853. The predicted octanol–water partition coefficient (Wildman–Crippen LogP) is -9.23. The molecule has 13 nitrogen and oxygen atoms in total. The van der Waals surface area contributed by atoms with E-state index in [-0.39, 0.29) is 93.0 Å². The summed E-state index contributed by atoms with van der Waals surface area (Å²) in [5, 5.41) is 0. The van der Waals surface area contributed by atoms with Crippen molar-refractivity contribution in [2.45, 2.75) is 0 Å². The Morgan fingerprint density at radius 1 is 0.550 bits per heavy atom. The van der Waals surface area contributed by atoms with Crippen molar-refractivity contribution in [2.75, 3.05) is 0 Å². The molecule has 0 fully saturated rings. The Hall–Kier alpha value is 3.56. The predicted molar refractivity (Wildman–Crippen MR) is 50.3 cm³/mol. The van der Waals surface area contributed by atoms with Crippen LogP contribution in [0.3, 0.4) is 0 Å². The molecular formula is H9Na3O13P4. The summed E-state index contributed by atoms with van der Waals surface area (Å²) in [7, 11) is -22.6. The van der Waals surface area contributed by atoms with Gasteiger partial charge in [0, 0.05) is 0 Å². The van der Waals surface area contributed by atoms with Crippen molar-refractivity contribution in [1.29, 1.82) is 0 Å². The molecule has 0 rings (SSSR count). The zero-order chi connectivity index (χ0) is 14.1. The van der Waals surface area contributed by atoms with E-state index in [1.807, 2.05) is 0 Å². The number of rotatable bonds is 6. The van der Waals surface area contributed by atoms with Crippen molar-refractivity contribution in [2.24, 2.45) is 0 Å². The monoisotopic (exact) mass is 410 g/mol. The molecule has 0 aromatic carbocycles. The maximum absolute atomic E-state index is 10.7. The summed E-state index contributed by atoms with van der Waals surface area (Å²) in [6, 6.07) is 0. The Morgan fingerprint density at radius 2 is 0.750 bits per heavy atom. The van der Waals surface area contributed by atoms with Crippen LogP contribution in [0, 0.1) is 0 Å². The summed E-state index contributed by atoms with van der Waals surface area (Å²) in [6.07, 6.45) is 0. The maximum atomic E-state index is 10.7. The minimum atomic E-state index is -5.77. The summed E-state index contributed by atoms with van der Waals surface area (Å²) in [6.45, 7) is 0. The molecule has 20 heteroatoms. The molecule has 0 spiro atoms. The Morgan fingerprint density at radius 3 is 0.900 bits per heavy atom. The van der Waals surface area contributed by atoms with Gasteiger partial charge in [-0.1, -0.05) is 0 Å². The smallest absolute Gasteiger partial charge is 1.00 e. The Kier molecular flexibility index (Phi) is 17.6. The minimum Gasteiger partial charge on any atom is -1.00 e. The molecule has 0 amide bonds. The normalized spacial score (nSPS) is 17.5. The van der Waals surface area contributed by atoms with E-state index in [9.17, 15) is 18.3 Å². The van der Waals surface area contributed by atoms with E-state index in [1.165, 1.54) is 0 Å². The molecule has 0 saturated heterocycles. The van der Waals surface area contributed by atoms with Gasteiger partial charge in [0.05, 0.1) is 0 Å². The fourth-order valence-electron chi connectivity index (χ4n) is 0.429. The average Bonchev–Trinajstić information content (AvgIpc) is 1.65. The minimum absolute atomic E-state index is 0. The van der Waals surface area contributed by atoms with Gasteiger partial charge in [0.25, 0.3) is 0 Å². The molecule has 0 aromatic heterocycles. The third-order valence-corrected chi connectivity index (χ3v) is 5.63. The van der Waals surface area contributed by atoms with E-state index >= 15 is 0 Å². The van der Waals surface area contributed by atoms with Gasteiger partial charge in [0.15, 0.2) is 0 Å². The molecule has 0 heterocycles. The van der Waals surface area contributed by atoms with Crippen molar-refractivity contribution in [3.63, 3.8) is 0 Å². The third-order valence-electron chi connectivity index (χ3n) is 0.625. The van der Waals surface area contributed by atoms with Crippen LogP contribution in [0.1, 0.15) is 4.28 Å². The molecule has 0 aliphatic heterocycles. The molecule has 110 valence electrons. The zero-order valence-electron chi connectivity index (χ0n) is 13.3. The summed E-state index contributed by atoms with van der Waals surface area (Å²) >= 11 is 0. The van der Waals surface area contributed by atoms with E-state index in [0.717, 1.165) is 0 Å². The van der Waals surface area contributed by atoms with Crippen molar-refractivity contribution in [3.8, 4) is 0 Å². The first-order valence-corrected chi connectivity index (χ1v) is 9.08. The van der Waals surface area contributed by atoms with Gasteiger partial charge in [-0.2, -0.15) is 12.9 Å². The van der Waals surface area contributed by atoms with E-state index in [1.54, 1.807) is 0 Å². The van der Waals surface area contributed by atoms with Crippen LogP contribution in [0.4, 0.5) is 0 Å². The maximum Gasteiger partial charge on any atom is 1.00 e. The van der Waals surface area contributed by atoms with Gasteiger partial charge >= 0.3 is 120 Å². The van der Waals surface area contributed by atoms with Gasteiger partial charge in [-0.15, -0.1) is 0 Å². The van der Waals surface area contributed by atoms with Crippen molar-refractivity contribution >= 4 is 31.3 Å². The molecule has 0 radical (unpaired) electrons. The first-order valence-electron chi connectivity index (χ1n) is 3.03. The van der Waals surface area contributed by atoms with E-state index in [2.05, 4.69) is 12.9 Å². The van der Waals surface area contributed by atoms with Crippen LogP contribution in [0.2, 0.25) is 0 Å². The Bertz CT molecular complexity index is 427. The van der Waals surface area contributed by atoms with E-state index in [4.69, 9.17) is 29.4 Å². The van der Waals surface area contributed by atoms with Gasteiger partial charge in [-0.25, -0.2) is 18.3 Å². The van der Waals surface area contributed by atoms with Crippen LogP contribution < -0.4 is 88.7 Å². The molecule has 2 atom stereocenters. The van der Waals surface area contributed by atoms with E-state index < -0.39 is 31.3 Å². The van der Waals surface area contributed by atoms with Crippen LogP contribution in [0.25, 0.3) is 0 Å². The zero-order valence-corrected chi connectivity index (χ0v) is 19.9. The average molecular weight is 410 g/mol. The first-order chi connectivity index (χ1) is 7.12. The molecule has 20 heavy (non-hydrogen) atoms. The second-order valence-electron chi connectivity index (χ2n) is 2.16. The third kappa shape index (κ3) is 19.6. The van der Waals surface area contributed by atoms with Crippen LogP contribution >= 0.6 is 31.3 Å². The standard InChI is InChI=1S/3Na.H6O13P4.3H/c;;;1-14(2,3)11-16(7,8)13-17(9,10)12-15(4,5)6;;;/h;;;(H,7,8)(H,9,10)(H2,1,2,3)(H2,4,5,6);;;/q3*+1;;3*-1. The summed E-state index contributed by atoms with van der Waals surface area (Å²) < 4.78 is 50.9. The number of hydrogen-bond donors (Lipinski definition) is 6. The van der Waals surface area contributed by atoms with Crippen LogP contribution in [0.15, 0.2) is 0 Å². The molecule has 0 aliphatic carbocycles. The quantitative estimate of drug-likeness (QED) is 0.177. The fourth-order valence-corrected chi connectivity index (χ4v) is 4.40. The van der Waals surface area contributed by atoms with Crippen LogP contribution in [-0.4, -0.2) is 29.4 Å². The topological polar surface area (TPSA) is 217 Å². The van der Waals surface area contributed by atoms with Gasteiger partial charge in [0.1, 0.15) is 0 Å². The molecule has 0 aromatic rings. The largest absolute Gasteiger partial charge is 1.00 e. The van der Waals surface area contributed by atoms with Gasteiger partial charge in [-0.3, -0.25) is 0 Å². The van der Waals surface area contributed by atoms with Crippen molar-refractivity contribution in [3.05, 3.63) is 0 Å². The van der Waals surface area contributed by atoms with Gasteiger partial charge in [0.2, 0.25) is 0 Å². The van der Waals surface area contributed by atoms with Crippen LogP contribution in [-0.2, 0) is 31.2 Å². The fraction of sp³-hybridized carbons (Fsp3) is 0. The molecule has 0 aliphatic rings. The van der Waals surface area contributed by atoms with Crippen molar-refractivity contribution < 1.29 is 154 Å². The summed E-state index contributed by atoms with van der Waals surface area (Å²) in [5.74, 6) is 0. The number of hydrogen-bond acceptors (Lipinski definition) is 7.